The third-order valence-corrected chi connectivity index (χ3v) is 2.21. The molecule has 0 saturated carbocycles. The maximum atomic E-state index is 5.49. The Morgan fingerprint density at radius 3 is 3.07 bits per heavy atom. The number of hydrogen-bond acceptors (Lipinski definition) is 3. The summed E-state index contributed by atoms with van der Waals surface area (Å²) in [6.07, 6.45) is 5.94. The quantitative estimate of drug-likeness (QED) is 0.661. The Morgan fingerprint density at radius 2 is 2.43 bits per heavy atom. The molecule has 78 valence electrons. The summed E-state index contributed by atoms with van der Waals surface area (Å²) in [4.78, 5) is 4.07. The van der Waals surface area contributed by atoms with Gasteiger partial charge in [-0.25, -0.2) is 0 Å². The van der Waals surface area contributed by atoms with E-state index in [1.807, 2.05) is 12.3 Å². The van der Waals surface area contributed by atoms with Crippen molar-refractivity contribution in [3.05, 3.63) is 30.1 Å². The molecule has 14 heavy (non-hydrogen) atoms. The molecule has 0 bridgehead atoms. The standard InChI is InChI=1S/C11H19N3/c1-10(8-12)14-7-3-5-11-4-2-6-13-9-11/h2,4,6,9-10,14H,3,5,7-8,12H2,1H3/t10-/m1/s1. The summed E-state index contributed by atoms with van der Waals surface area (Å²) in [7, 11) is 0. The van der Waals surface area contributed by atoms with E-state index in [0.29, 0.717) is 12.6 Å². The first-order valence-electron chi connectivity index (χ1n) is 5.15. The number of nitrogens with two attached hydrogens (primary N) is 1. The Morgan fingerprint density at radius 1 is 1.57 bits per heavy atom. The van der Waals surface area contributed by atoms with E-state index in [9.17, 15) is 0 Å². The first-order valence-corrected chi connectivity index (χ1v) is 5.15. The van der Waals surface area contributed by atoms with Crippen LogP contribution in [0.2, 0.25) is 0 Å². The zero-order valence-electron chi connectivity index (χ0n) is 8.74. The summed E-state index contributed by atoms with van der Waals surface area (Å²) in [6, 6.07) is 4.51. The van der Waals surface area contributed by atoms with Crippen molar-refractivity contribution in [2.75, 3.05) is 13.1 Å². The smallest absolute Gasteiger partial charge is 0.0299 e. The summed E-state index contributed by atoms with van der Waals surface area (Å²) in [5.74, 6) is 0. The van der Waals surface area contributed by atoms with Crippen LogP contribution in [0.3, 0.4) is 0 Å². The highest BCUT2D eigenvalue weighted by Gasteiger charge is 1.96. The van der Waals surface area contributed by atoms with Crippen LogP contribution in [0.5, 0.6) is 0 Å². The molecule has 0 aliphatic carbocycles. The van der Waals surface area contributed by atoms with E-state index in [2.05, 4.69) is 23.3 Å². The van der Waals surface area contributed by atoms with Crippen LogP contribution in [-0.2, 0) is 6.42 Å². The van der Waals surface area contributed by atoms with Gasteiger partial charge >= 0.3 is 0 Å². The van der Waals surface area contributed by atoms with Crippen molar-refractivity contribution < 1.29 is 0 Å². The lowest BCUT2D eigenvalue weighted by Gasteiger charge is -2.10. The number of nitrogens with zero attached hydrogens (tertiary/aromatic N) is 1. The second-order valence-electron chi connectivity index (χ2n) is 3.56. The van der Waals surface area contributed by atoms with Gasteiger partial charge < -0.3 is 11.1 Å². The monoisotopic (exact) mass is 193 g/mol. The Kier molecular flexibility index (Phi) is 5.19. The first-order chi connectivity index (χ1) is 6.83. The van der Waals surface area contributed by atoms with E-state index in [0.717, 1.165) is 19.4 Å². The van der Waals surface area contributed by atoms with E-state index in [1.54, 1.807) is 6.20 Å². The molecule has 0 fully saturated rings. The van der Waals surface area contributed by atoms with Crippen molar-refractivity contribution in [2.45, 2.75) is 25.8 Å². The zero-order chi connectivity index (χ0) is 10.2. The summed E-state index contributed by atoms with van der Waals surface area (Å²) < 4.78 is 0. The summed E-state index contributed by atoms with van der Waals surface area (Å²) >= 11 is 0. The fourth-order valence-electron chi connectivity index (χ4n) is 1.27. The van der Waals surface area contributed by atoms with E-state index >= 15 is 0 Å². The summed E-state index contributed by atoms with van der Waals surface area (Å²) in [6.45, 7) is 3.82. The van der Waals surface area contributed by atoms with Gasteiger partial charge in [0.1, 0.15) is 0 Å². The molecule has 3 heteroatoms. The molecule has 0 saturated heterocycles. The van der Waals surface area contributed by atoms with Gasteiger partial charge in [0, 0.05) is 25.0 Å². The van der Waals surface area contributed by atoms with Crippen molar-refractivity contribution in [2.24, 2.45) is 5.73 Å². The molecular formula is C11H19N3. The number of rotatable bonds is 6. The average Bonchev–Trinajstić information content (AvgIpc) is 2.25. The Balaban J connectivity index is 2.10. The Labute approximate surface area is 85.7 Å². The molecule has 0 unspecified atom stereocenters. The van der Waals surface area contributed by atoms with E-state index < -0.39 is 0 Å². The molecule has 1 atom stereocenters. The van der Waals surface area contributed by atoms with Gasteiger partial charge in [0.25, 0.3) is 0 Å². The Hall–Kier alpha value is -0.930. The fraction of sp³-hybridized carbons (Fsp3) is 0.545. The number of hydrogen-bond donors (Lipinski definition) is 2. The molecule has 0 aliphatic heterocycles. The average molecular weight is 193 g/mol. The minimum absolute atomic E-state index is 0.420. The van der Waals surface area contributed by atoms with Crippen LogP contribution in [0, 0.1) is 0 Å². The largest absolute Gasteiger partial charge is 0.329 e. The topological polar surface area (TPSA) is 50.9 Å². The van der Waals surface area contributed by atoms with Gasteiger partial charge in [-0.15, -0.1) is 0 Å². The predicted octanol–water partition coefficient (Wildman–Crippen LogP) is 0.951. The molecule has 0 aromatic carbocycles. The maximum Gasteiger partial charge on any atom is 0.0299 e. The van der Waals surface area contributed by atoms with Crippen molar-refractivity contribution in [1.82, 2.24) is 10.3 Å². The minimum Gasteiger partial charge on any atom is -0.329 e. The highest BCUT2D eigenvalue weighted by Crippen LogP contribution is 1.99. The summed E-state index contributed by atoms with van der Waals surface area (Å²) in [5.41, 5.74) is 6.79. The van der Waals surface area contributed by atoms with Gasteiger partial charge in [-0.05, 0) is 37.9 Å². The highest BCUT2D eigenvalue weighted by atomic mass is 14.9. The van der Waals surface area contributed by atoms with E-state index in [4.69, 9.17) is 5.73 Å². The van der Waals surface area contributed by atoms with Gasteiger partial charge in [0.15, 0.2) is 0 Å². The first kappa shape index (κ1) is 11.1. The van der Waals surface area contributed by atoms with Crippen LogP contribution >= 0.6 is 0 Å². The van der Waals surface area contributed by atoms with Crippen molar-refractivity contribution in [1.29, 1.82) is 0 Å². The predicted molar refractivity (Wildman–Crippen MR) is 59.1 cm³/mol. The highest BCUT2D eigenvalue weighted by molar-refractivity contribution is 5.08. The van der Waals surface area contributed by atoms with E-state index in [1.165, 1.54) is 5.56 Å². The van der Waals surface area contributed by atoms with Crippen LogP contribution in [-0.4, -0.2) is 24.1 Å². The second kappa shape index (κ2) is 6.51. The SMILES string of the molecule is C[C@H](CN)NCCCc1cccnc1. The van der Waals surface area contributed by atoms with Crippen LogP contribution in [0.4, 0.5) is 0 Å². The van der Waals surface area contributed by atoms with E-state index in [-0.39, 0.29) is 0 Å². The molecule has 1 heterocycles. The third kappa shape index (κ3) is 4.35. The van der Waals surface area contributed by atoms with Crippen molar-refractivity contribution >= 4 is 0 Å². The molecule has 3 N–H and O–H groups in total. The normalized spacial score (nSPS) is 12.7. The number of nitrogens with one attached hydrogen (secondary N) is 1. The van der Waals surface area contributed by atoms with Gasteiger partial charge in [0.05, 0.1) is 0 Å². The van der Waals surface area contributed by atoms with Crippen LogP contribution < -0.4 is 11.1 Å². The van der Waals surface area contributed by atoms with Crippen LogP contribution in [0.1, 0.15) is 18.9 Å². The summed E-state index contributed by atoms with van der Waals surface area (Å²) in [5, 5.41) is 3.36. The van der Waals surface area contributed by atoms with Gasteiger partial charge in [-0.3, -0.25) is 4.98 Å². The van der Waals surface area contributed by atoms with Crippen LogP contribution in [0.25, 0.3) is 0 Å². The lowest BCUT2D eigenvalue weighted by molar-refractivity contribution is 0.543. The zero-order valence-corrected chi connectivity index (χ0v) is 8.74. The third-order valence-electron chi connectivity index (χ3n) is 2.21. The number of pyridine rings is 1. The fourth-order valence-corrected chi connectivity index (χ4v) is 1.27. The lowest BCUT2D eigenvalue weighted by atomic mass is 10.1. The van der Waals surface area contributed by atoms with Crippen LogP contribution in [0.15, 0.2) is 24.5 Å². The van der Waals surface area contributed by atoms with Gasteiger partial charge in [-0.1, -0.05) is 6.07 Å². The number of aromatic nitrogens is 1. The molecule has 1 aromatic rings. The second-order valence-corrected chi connectivity index (χ2v) is 3.56. The number of aryl methyl sites for hydroxylation is 1. The molecule has 0 spiro atoms. The van der Waals surface area contributed by atoms with Gasteiger partial charge in [0.2, 0.25) is 0 Å². The van der Waals surface area contributed by atoms with Crippen molar-refractivity contribution in [3.63, 3.8) is 0 Å². The Bertz CT molecular complexity index is 236. The van der Waals surface area contributed by atoms with Gasteiger partial charge in [-0.2, -0.15) is 0 Å². The molecule has 1 rings (SSSR count). The minimum atomic E-state index is 0.420. The molecule has 0 amide bonds. The molecule has 0 aliphatic rings. The maximum absolute atomic E-state index is 5.49. The molecule has 0 radical (unpaired) electrons. The van der Waals surface area contributed by atoms with Crippen molar-refractivity contribution in [3.8, 4) is 0 Å². The lowest BCUT2D eigenvalue weighted by Crippen LogP contribution is -2.33. The molecule has 3 nitrogen and oxygen atoms in total. The molecular weight excluding hydrogens is 174 g/mol. The molecule has 1 aromatic heterocycles.